The molecule has 1 N–H and O–H groups in total. The van der Waals surface area contributed by atoms with Crippen LogP contribution in [0.4, 0.5) is 0 Å². The minimum atomic E-state index is -0.386. The standard InChI is InChI=1S/C16H24O2/c1-10-7-11(2)14(12(3)8-10)9-15(17)16(18-4)13-5-6-13/h7-8,13,15-17H,5-6,9H2,1-4H3. The molecule has 0 amide bonds. The summed E-state index contributed by atoms with van der Waals surface area (Å²) in [6.45, 7) is 6.37. The first-order valence-electron chi connectivity index (χ1n) is 6.80. The van der Waals surface area contributed by atoms with E-state index >= 15 is 0 Å². The van der Waals surface area contributed by atoms with Gasteiger partial charge in [-0.05, 0) is 56.2 Å². The Balaban J connectivity index is 2.13. The number of hydrogen-bond acceptors (Lipinski definition) is 2. The van der Waals surface area contributed by atoms with Crippen molar-refractivity contribution >= 4 is 0 Å². The van der Waals surface area contributed by atoms with Crippen molar-refractivity contribution in [1.29, 1.82) is 0 Å². The van der Waals surface area contributed by atoms with E-state index in [1.807, 2.05) is 0 Å². The number of aryl methyl sites for hydroxylation is 3. The fourth-order valence-corrected chi connectivity index (χ4v) is 2.95. The predicted octanol–water partition coefficient (Wildman–Crippen LogP) is 2.94. The number of methoxy groups -OCH3 is 1. The molecule has 0 heterocycles. The van der Waals surface area contributed by atoms with Gasteiger partial charge in [0.25, 0.3) is 0 Å². The Morgan fingerprint density at radius 2 is 1.78 bits per heavy atom. The molecule has 100 valence electrons. The van der Waals surface area contributed by atoms with Crippen molar-refractivity contribution in [2.24, 2.45) is 5.92 Å². The van der Waals surface area contributed by atoms with Crippen molar-refractivity contribution in [3.05, 3.63) is 34.4 Å². The van der Waals surface area contributed by atoms with Gasteiger partial charge in [-0.25, -0.2) is 0 Å². The lowest BCUT2D eigenvalue weighted by Crippen LogP contribution is -2.32. The molecule has 1 aliphatic rings. The van der Waals surface area contributed by atoms with E-state index in [0.29, 0.717) is 12.3 Å². The molecule has 0 radical (unpaired) electrons. The van der Waals surface area contributed by atoms with Gasteiger partial charge < -0.3 is 9.84 Å². The summed E-state index contributed by atoms with van der Waals surface area (Å²) in [6, 6.07) is 4.38. The number of benzene rings is 1. The van der Waals surface area contributed by atoms with Crippen LogP contribution in [0.15, 0.2) is 12.1 Å². The lowest BCUT2D eigenvalue weighted by Gasteiger charge is -2.23. The molecular formula is C16H24O2. The summed E-state index contributed by atoms with van der Waals surface area (Å²) in [4.78, 5) is 0. The molecule has 0 saturated heterocycles. The van der Waals surface area contributed by atoms with Crippen LogP contribution in [-0.4, -0.2) is 24.4 Å². The normalized spacial score (nSPS) is 18.7. The monoisotopic (exact) mass is 248 g/mol. The fraction of sp³-hybridized carbons (Fsp3) is 0.625. The Morgan fingerprint density at radius 3 is 2.22 bits per heavy atom. The highest BCUT2D eigenvalue weighted by Crippen LogP contribution is 2.36. The summed E-state index contributed by atoms with van der Waals surface area (Å²) in [6.07, 6.45) is 2.71. The Morgan fingerprint density at radius 1 is 1.22 bits per heavy atom. The van der Waals surface area contributed by atoms with Crippen LogP contribution in [0, 0.1) is 26.7 Å². The van der Waals surface area contributed by atoms with Crippen LogP contribution >= 0.6 is 0 Å². The molecule has 2 nitrogen and oxygen atoms in total. The van der Waals surface area contributed by atoms with Crippen molar-refractivity contribution < 1.29 is 9.84 Å². The maximum absolute atomic E-state index is 10.4. The number of aliphatic hydroxyl groups is 1. The van der Waals surface area contributed by atoms with Gasteiger partial charge in [0, 0.05) is 13.5 Å². The lowest BCUT2D eigenvalue weighted by atomic mass is 9.93. The van der Waals surface area contributed by atoms with E-state index in [1.165, 1.54) is 35.1 Å². The summed E-state index contributed by atoms with van der Waals surface area (Å²) in [5.41, 5.74) is 5.11. The molecule has 2 heteroatoms. The minimum Gasteiger partial charge on any atom is -0.390 e. The van der Waals surface area contributed by atoms with Crippen LogP contribution in [0.5, 0.6) is 0 Å². The molecule has 2 rings (SSSR count). The molecule has 1 aromatic carbocycles. The van der Waals surface area contributed by atoms with Crippen LogP contribution < -0.4 is 0 Å². The highest BCUT2D eigenvalue weighted by Gasteiger charge is 2.36. The molecule has 1 saturated carbocycles. The zero-order valence-corrected chi connectivity index (χ0v) is 11.9. The Bertz CT molecular complexity index is 398. The molecule has 1 aromatic rings. The Hall–Kier alpha value is -0.860. The number of hydrogen-bond donors (Lipinski definition) is 1. The molecular weight excluding hydrogens is 224 g/mol. The molecule has 0 aliphatic heterocycles. The molecule has 2 atom stereocenters. The first-order chi connectivity index (χ1) is 8.52. The molecule has 0 bridgehead atoms. The predicted molar refractivity (Wildman–Crippen MR) is 73.9 cm³/mol. The SMILES string of the molecule is COC(C(O)Cc1c(C)cc(C)cc1C)C1CC1. The van der Waals surface area contributed by atoms with Crippen molar-refractivity contribution in [3.8, 4) is 0 Å². The van der Waals surface area contributed by atoms with Crippen molar-refractivity contribution in [1.82, 2.24) is 0 Å². The average molecular weight is 248 g/mol. The van der Waals surface area contributed by atoms with Gasteiger partial charge in [0.15, 0.2) is 0 Å². The third-order valence-corrected chi connectivity index (χ3v) is 3.99. The van der Waals surface area contributed by atoms with Crippen molar-refractivity contribution in [3.63, 3.8) is 0 Å². The van der Waals surface area contributed by atoms with Gasteiger partial charge in [-0.2, -0.15) is 0 Å². The van der Waals surface area contributed by atoms with Gasteiger partial charge in [-0.3, -0.25) is 0 Å². The molecule has 2 unspecified atom stereocenters. The summed E-state index contributed by atoms with van der Waals surface area (Å²) in [5, 5.41) is 10.4. The van der Waals surface area contributed by atoms with E-state index in [9.17, 15) is 5.11 Å². The van der Waals surface area contributed by atoms with Crippen LogP contribution in [-0.2, 0) is 11.2 Å². The number of rotatable bonds is 5. The fourth-order valence-electron chi connectivity index (χ4n) is 2.95. The van der Waals surface area contributed by atoms with Crippen molar-refractivity contribution in [2.75, 3.05) is 7.11 Å². The first kappa shape index (κ1) is 13.6. The van der Waals surface area contributed by atoms with Gasteiger partial charge in [0.2, 0.25) is 0 Å². The van der Waals surface area contributed by atoms with Crippen LogP contribution in [0.1, 0.15) is 35.1 Å². The topological polar surface area (TPSA) is 29.5 Å². The molecule has 18 heavy (non-hydrogen) atoms. The highest BCUT2D eigenvalue weighted by atomic mass is 16.5. The molecule has 1 fully saturated rings. The van der Waals surface area contributed by atoms with Crippen LogP contribution in [0.25, 0.3) is 0 Å². The summed E-state index contributed by atoms with van der Waals surface area (Å²) >= 11 is 0. The van der Waals surface area contributed by atoms with Gasteiger partial charge >= 0.3 is 0 Å². The maximum Gasteiger partial charge on any atom is 0.0861 e. The number of aliphatic hydroxyl groups excluding tert-OH is 1. The Labute approximate surface area is 110 Å². The second-order valence-corrected chi connectivity index (χ2v) is 5.69. The summed E-state index contributed by atoms with van der Waals surface area (Å²) < 4.78 is 5.46. The third-order valence-electron chi connectivity index (χ3n) is 3.99. The van der Waals surface area contributed by atoms with E-state index in [0.717, 1.165) is 0 Å². The zero-order chi connectivity index (χ0) is 13.3. The molecule has 1 aliphatic carbocycles. The van der Waals surface area contributed by atoms with E-state index < -0.39 is 0 Å². The van der Waals surface area contributed by atoms with Gasteiger partial charge in [0.1, 0.15) is 0 Å². The van der Waals surface area contributed by atoms with Gasteiger partial charge in [-0.15, -0.1) is 0 Å². The molecule has 0 aromatic heterocycles. The molecule has 0 spiro atoms. The van der Waals surface area contributed by atoms with Gasteiger partial charge in [0.05, 0.1) is 12.2 Å². The second kappa shape index (κ2) is 5.41. The highest BCUT2D eigenvalue weighted by molar-refractivity contribution is 5.38. The average Bonchev–Trinajstić information content (AvgIpc) is 3.08. The maximum atomic E-state index is 10.4. The van der Waals surface area contributed by atoms with E-state index in [4.69, 9.17) is 4.74 Å². The first-order valence-corrected chi connectivity index (χ1v) is 6.80. The van der Waals surface area contributed by atoms with E-state index in [-0.39, 0.29) is 12.2 Å². The Kier molecular flexibility index (Phi) is 4.08. The quantitative estimate of drug-likeness (QED) is 0.868. The lowest BCUT2D eigenvalue weighted by molar-refractivity contribution is -0.0239. The van der Waals surface area contributed by atoms with E-state index in [1.54, 1.807) is 7.11 Å². The van der Waals surface area contributed by atoms with E-state index in [2.05, 4.69) is 32.9 Å². The zero-order valence-electron chi connectivity index (χ0n) is 11.9. The second-order valence-electron chi connectivity index (χ2n) is 5.69. The summed E-state index contributed by atoms with van der Waals surface area (Å²) in [5.74, 6) is 0.566. The minimum absolute atomic E-state index is 0.00473. The van der Waals surface area contributed by atoms with Gasteiger partial charge in [-0.1, -0.05) is 17.7 Å². The smallest absolute Gasteiger partial charge is 0.0861 e. The van der Waals surface area contributed by atoms with Crippen LogP contribution in [0.2, 0.25) is 0 Å². The number of ether oxygens (including phenoxy) is 1. The third kappa shape index (κ3) is 2.93. The largest absolute Gasteiger partial charge is 0.390 e. The van der Waals surface area contributed by atoms with Crippen LogP contribution in [0.3, 0.4) is 0 Å². The van der Waals surface area contributed by atoms with Crippen molar-refractivity contribution in [2.45, 2.75) is 52.2 Å². The summed E-state index contributed by atoms with van der Waals surface area (Å²) in [7, 11) is 1.71.